The molecule has 0 aliphatic heterocycles. The van der Waals surface area contributed by atoms with Crippen LogP contribution in [-0.4, -0.2) is 48.4 Å². The maximum atomic E-state index is 12.9. The summed E-state index contributed by atoms with van der Waals surface area (Å²) in [4.78, 5) is 13.1. The first-order valence-corrected chi connectivity index (χ1v) is 13.3. The van der Waals surface area contributed by atoms with Gasteiger partial charge in [0.2, 0.25) is 15.9 Å². The van der Waals surface area contributed by atoms with Crippen molar-refractivity contribution in [3.8, 4) is 5.75 Å². The van der Waals surface area contributed by atoms with Crippen LogP contribution in [0.25, 0.3) is 0 Å². The van der Waals surface area contributed by atoms with Crippen molar-refractivity contribution in [1.82, 2.24) is 5.32 Å². The van der Waals surface area contributed by atoms with Gasteiger partial charge in [-0.3, -0.25) is 9.10 Å². The number of sulfonamides is 1. The van der Waals surface area contributed by atoms with Gasteiger partial charge < -0.3 is 10.1 Å². The molecule has 0 aliphatic rings. The summed E-state index contributed by atoms with van der Waals surface area (Å²) in [6.07, 6.45) is 2.10. The van der Waals surface area contributed by atoms with Crippen molar-refractivity contribution in [3.63, 3.8) is 0 Å². The second kappa shape index (κ2) is 9.46. The molecular formula is C20H25ClN2O6S2. The number of hydrogen-bond acceptors (Lipinski definition) is 6. The van der Waals surface area contributed by atoms with Gasteiger partial charge in [-0.2, -0.15) is 0 Å². The summed E-state index contributed by atoms with van der Waals surface area (Å²) in [5.41, 5.74) is 0.810. The molecule has 0 radical (unpaired) electrons. The highest BCUT2D eigenvalue weighted by Gasteiger charge is 2.32. The zero-order valence-corrected chi connectivity index (χ0v) is 20.2. The number of rotatable bonds is 8. The Kier molecular flexibility index (Phi) is 7.61. The van der Waals surface area contributed by atoms with Crippen LogP contribution in [0, 0.1) is 0 Å². The molecule has 0 aliphatic carbocycles. The van der Waals surface area contributed by atoms with E-state index in [1.54, 1.807) is 25.1 Å². The minimum atomic E-state index is -3.87. The molecule has 0 fully saturated rings. The molecule has 0 bridgehead atoms. The van der Waals surface area contributed by atoms with Gasteiger partial charge in [0.15, 0.2) is 9.84 Å². The van der Waals surface area contributed by atoms with Gasteiger partial charge in [0, 0.05) is 11.3 Å². The number of benzene rings is 2. The fourth-order valence-electron chi connectivity index (χ4n) is 3.04. The summed E-state index contributed by atoms with van der Waals surface area (Å²) in [5.74, 6) is -0.300. The Bertz CT molecular complexity index is 1160. The number of amides is 1. The third kappa shape index (κ3) is 6.11. The van der Waals surface area contributed by atoms with Gasteiger partial charge in [-0.15, -0.1) is 0 Å². The molecule has 0 heterocycles. The van der Waals surface area contributed by atoms with Crippen LogP contribution < -0.4 is 14.4 Å². The standard InChI is InChI=1S/C20H25ClN2O6S2/c1-13(15-6-9-17(10-7-15)30(4,25)26)22-20(24)14(2)23(31(5,27)28)18-12-16(21)8-11-19(18)29-3/h6-14H,1-5H3,(H,22,24)/t13-,14-/m1/s1. The number of nitrogens with one attached hydrogen (secondary N) is 1. The SMILES string of the molecule is COc1ccc(Cl)cc1N([C@H](C)C(=O)N[C@H](C)c1ccc(S(C)(=O)=O)cc1)S(C)(=O)=O. The van der Waals surface area contributed by atoms with E-state index in [0.29, 0.717) is 5.56 Å². The number of halogens is 1. The van der Waals surface area contributed by atoms with Gasteiger partial charge in [0.1, 0.15) is 11.8 Å². The third-order valence-electron chi connectivity index (χ3n) is 4.63. The maximum Gasteiger partial charge on any atom is 0.244 e. The molecule has 0 saturated heterocycles. The fourth-order valence-corrected chi connectivity index (χ4v) is 5.00. The Hall–Kier alpha value is -2.30. The highest BCUT2D eigenvalue weighted by molar-refractivity contribution is 7.92. The van der Waals surface area contributed by atoms with E-state index in [0.717, 1.165) is 16.8 Å². The third-order valence-corrected chi connectivity index (χ3v) is 7.22. The number of carbonyl (C=O) groups is 1. The first kappa shape index (κ1) is 25.0. The molecule has 0 aromatic heterocycles. The number of anilines is 1. The monoisotopic (exact) mass is 488 g/mol. The Morgan fingerprint density at radius 3 is 2.10 bits per heavy atom. The molecule has 0 saturated carbocycles. The van der Waals surface area contributed by atoms with E-state index in [-0.39, 0.29) is 21.4 Å². The molecule has 2 aromatic carbocycles. The first-order valence-electron chi connectivity index (χ1n) is 9.19. The normalized spacial score (nSPS) is 13.9. The fraction of sp³-hybridized carbons (Fsp3) is 0.350. The summed E-state index contributed by atoms with van der Waals surface area (Å²) in [6.45, 7) is 3.17. The minimum absolute atomic E-state index is 0.144. The molecule has 1 N–H and O–H groups in total. The Balaban J connectivity index is 2.31. The summed E-state index contributed by atoms with van der Waals surface area (Å²) in [6, 6.07) is 8.99. The topological polar surface area (TPSA) is 110 Å². The lowest BCUT2D eigenvalue weighted by atomic mass is 10.1. The van der Waals surface area contributed by atoms with Crippen molar-refractivity contribution >= 4 is 43.1 Å². The lowest BCUT2D eigenvalue weighted by molar-refractivity contribution is -0.122. The zero-order valence-electron chi connectivity index (χ0n) is 17.8. The van der Waals surface area contributed by atoms with E-state index in [9.17, 15) is 21.6 Å². The van der Waals surface area contributed by atoms with E-state index in [1.165, 1.54) is 38.3 Å². The second-order valence-corrected chi connectivity index (χ2v) is 11.4. The van der Waals surface area contributed by atoms with E-state index in [1.807, 2.05) is 0 Å². The largest absolute Gasteiger partial charge is 0.495 e. The van der Waals surface area contributed by atoms with Crippen LogP contribution in [0.3, 0.4) is 0 Å². The highest BCUT2D eigenvalue weighted by Crippen LogP contribution is 2.34. The Labute approximate surface area is 188 Å². The number of nitrogens with zero attached hydrogens (tertiary/aromatic N) is 1. The summed E-state index contributed by atoms with van der Waals surface area (Å²) >= 11 is 6.04. The van der Waals surface area contributed by atoms with E-state index >= 15 is 0 Å². The van der Waals surface area contributed by atoms with Crippen LogP contribution in [0.5, 0.6) is 5.75 Å². The number of carbonyl (C=O) groups excluding carboxylic acids is 1. The second-order valence-electron chi connectivity index (χ2n) is 7.12. The molecule has 8 nitrogen and oxygen atoms in total. The van der Waals surface area contributed by atoms with Crippen LogP contribution in [0.2, 0.25) is 5.02 Å². The molecular weight excluding hydrogens is 464 g/mol. The lowest BCUT2D eigenvalue weighted by Gasteiger charge is -2.30. The molecule has 1 amide bonds. The summed E-state index contributed by atoms with van der Waals surface area (Å²) in [7, 11) is -5.81. The van der Waals surface area contributed by atoms with E-state index in [2.05, 4.69) is 5.32 Å². The number of sulfone groups is 1. The van der Waals surface area contributed by atoms with E-state index < -0.39 is 37.9 Å². The molecule has 11 heteroatoms. The van der Waals surface area contributed by atoms with Crippen molar-refractivity contribution in [2.24, 2.45) is 0 Å². The lowest BCUT2D eigenvalue weighted by Crippen LogP contribution is -2.48. The number of ether oxygens (including phenoxy) is 1. The average Bonchev–Trinajstić information content (AvgIpc) is 2.66. The van der Waals surface area contributed by atoms with Crippen molar-refractivity contribution in [2.45, 2.75) is 30.8 Å². The maximum absolute atomic E-state index is 12.9. The average molecular weight is 489 g/mol. The van der Waals surface area contributed by atoms with Crippen molar-refractivity contribution < 1.29 is 26.4 Å². The highest BCUT2D eigenvalue weighted by atomic mass is 35.5. The number of hydrogen-bond donors (Lipinski definition) is 1. The molecule has 170 valence electrons. The van der Waals surface area contributed by atoms with Crippen LogP contribution in [0.4, 0.5) is 5.69 Å². The van der Waals surface area contributed by atoms with Crippen molar-refractivity contribution in [3.05, 3.63) is 53.1 Å². The van der Waals surface area contributed by atoms with Gasteiger partial charge in [-0.1, -0.05) is 23.7 Å². The Morgan fingerprint density at radius 1 is 1.03 bits per heavy atom. The minimum Gasteiger partial charge on any atom is -0.495 e. The first-order chi connectivity index (χ1) is 14.3. The van der Waals surface area contributed by atoms with Gasteiger partial charge in [-0.25, -0.2) is 16.8 Å². The van der Waals surface area contributed by atoms with Crippen molar-refractivity contribution in [2.75, 3.05) is 23.9 Å². The quantitative estimate of drug-likeness (QED) is 0.611. The summed E-state index contributed by atoms with van der Waals surface area (Å²) < 4.78 is 54.5. The van der Waals surface area contributed by atoms with Crippen LogP contribution in [0.15, 0.2) is 47.4 Å². The van der Waals surface area contributed by atoms with Gasteiger partial charge in [-0.05, 0) is 49.7 Å². The van der Waals surface area contributed by atoms with Gasteiger partial charge in [0.05, 0.1) is 30.0 Å². The van der Waals surface area contributed by atoms with Crippen LogP contribution >= 0.6 is 11.6 Å². The van der Waals surface area contributed by atoms with Crippen LogP contribution in [0.1, 0.15) is 25.5 Å². The Morgan fingerprint density at radius 2 is 1.61 bits per heavy atom. The van der Waals surface area contributed by atoms with Gasteiger partial charge >= 0.3 is 0 Å². The zero-order chi connectivity index (χ0) is 23.6. The van der Waals surface area contributed by atoms with E-state index in [4.69, 9.17) is 16.3 Å². The summed E-state index contributed by atoms with van der Waals surface area (Å²) in [5, 5.41) is 3.05. The van der Waals surface area contributed by atoms with Crippen molar-refractivity contribution in [1.29, 1.82) is 0 Å². The molecule has 2 rings (SSSR count). The molecule has 31 heavy (non-hydrogen) atoms. The van der Waals surface area contributed by atoms with Gasteiger partial charge in [0.25, 0.3) is 0 Å². The molecule has 0 spiro atoms. The van der Waals surface area contributed by atoms with Crippen LogP contribution in [-0.2, 0) is 24.7 Å². The smallest absolute Gasteiger partial charge is 0.244 e. The molecule has 0 unspecified atom stereocenters. The predicted octanol–water partition coefficient (Wildman–Crippen LogP) is 2.78. The molecule has 2 atom stereocenters. The number of methoxy groups -OCH3 is 1. The predicted molar refractivity (Wildman–Crippen MR) is 121 cm³/mol. The molecule has 2 aromatic rings.